The maximum Gasteiger partial charge on any atom is 0.514 e. The van der Waals surface area contributed by atoms with Gasteiger partial charge in [-0.3, -0.25) is 4.79 Å². The van der Waals surface area contributed by atoms with E-state index in [9.17, 15) is 19.2 Å². The van der Waals surface area contributed by atoms with E-state index in [-0.39, 0.29) is 28.5 Å². The molecule has 1 saturated carbocycles. The first-order valence-electron chi connectivity index (χ1n) is 11.1. The molecule has 1 aliphatic carbocycles. The molecule has 0 heterocycles. The number of benzene rings is 2. The Kier molecular flexibility index (Phi) is 8.61. The zero-order valence-electron chi connectivity index (χ0n) is 19.0. The first-order chi connectivity index (χ1) is 16.3. The van der Waals surface area contributed by atoms with Gasteiger partial charge in [-0.1, -0.05) is 43.5 Å². The van der Waals surface area contributed by atoms with Crippen molar-refractivity contribution >= 4 is 24.1 Å². The number of para-hydroxylation sites is 2. The molecule has 0 aromatic heterocycles. The van der Waals surface area contributed by atoms with Crippen LogP contribution in [-0.2, 0) is 19.3 Å². The molecule has 0 bridgehead atoms. The molecule has 0 spiro atoms. The van der Waals surface area contributed by atoms with Gasteiger partial charge in [0.2, 0.25) is 0 Å². The van der Waals surface area contributed by atoms with Crippen LogP contribution in [0.3, 0.4) is 0 Å². The third-order valence-electron chi connectivity index (χ3n) is 5.08. The highest BCUT2D eigenvalue weighted by atomic mass is 17.2. The van der Waals surface area contributed by atoms with E-state index in [1.807, 2.05) is 0 Å². The second-order valence-corrected chi connectivity index (χ2v) is 8.01. The van der Waals surface area contributed by atoms with Crippen molar-refractivity contribution in [2.75, 3.05) is 0 Å². The average molecular weight is 470 g/mol. The zero-order valence-corrected chi connectivity index (χ0v) is 19.0. The van der Waals surface area contributed by atoms with E-state index in [0.29, 0.717) is 0 Å². The van der Waals surface area contributed by atoms with Gasteiger partial charge in [0.15, 0.2) is 0 Å². The maximum absolute atomic E-state index is 12.5. The summed E-state index contributed by atoms with van der Waals surface area (Å²) >= 11 is 0. The van der Waals surface area contributed by atoms with Crippen LogP contribution in [0.2, 0.25) is 0 Å². The summed E-state index contributed by atoms with van der Waals surface area (Å²) in [6.07, 6.45) is 3.08. The smallest absolute Gasteiger partial charge is 0.431 e. The Hall–Kier alpha value is -3.88. The number of carbonyl (C=O) groups excluding carboxylic acids is 4. The predicted octanol–water partition coefficient (Wildman–Crippen LogP) is 5.02. The largest absolute Gasteiger partial charge is 0.514 e. The molecule has 1 fully saturated rings. The Morgan fingerprint density at radius 1 is 0.735 bits per heavy atom. The molecule has 0 atom stereocenters. The molecule has 0 unspecified atom stereocenters. The highest BCUT2D eigenvalue weighted by Gasteiger charge is 2.26. The van der Waals surface area contributed by atoms with Gasteiger partial charge >= 0.3 is 24.1 Å². The lowest BCUT2D eigenvalue weighted by Gasteiger charge is -2.20. The van der Waals surface area contributed by atoms with E-state index >= 15 is 0 Å². The molecule has 2 aromatic rings. The van der Waals surface area contributed by atoms with Crippen LogP contribution in [-0.4, -0.2) is 30.2 Å². The first-order valence-corrected chi connectivity index (χ1v) is 11.1. The van der Waals surface area contributed by atoms with Gasteiger partial charge in [0.05, 0.1) is 12.0 Å². The van der Waals surface area contributed by atoms with Crippen LogP contribution in [0.25, 0.3) is 0 Å². The summed E-state index contributed by atoms with van der Waals surface area (Å²) in [4.78, 5) is 58.6. The molecule has 9 nitrogen and oxygen atoms in total. The van der Waals surface area contributed by atoms with Crippen LogP contribution in [0, 0.1) is 5.92 Å². The SMILES string of the molecule is CC(C)OC(=O)Oc1ccccc1C(=O)OOC(=O)c1ccccc1OC(=O)C1CCCCC1. The topological polar surface area (TPSA) is 114 Å². The summed E-state index contributed by atoms with van der Waals surface area (Å²) in [7, 11) is 0. The van der Waals surface area contributed by atoms with Gasteiger partial charge in [-0.15, -0.1) is 0 Å². The van der Waals surface area contributed by atoms with Gasteiger partial charge in [-0.05, 0) is 51.0 Å². The molecule has 1 aliphatic rings. The van der Waals surface area contributed by atoms with Crippen LogP contribution in [0.5, 0.6) is 11.5 Å². The molecule has 3 rings (SSSR count). The second kappa shape index (κ2) is 11.8. The number of esters is 1. The lowest BCUT2D eigenvalue weighted by atomic mass is 9.89. The number of ether oxygens (including phenoxy) is 3. The van der Waals surface area contributed by atoms with Gasteiger partial charge < -0.3 is 14.2 Å². The molecule has 0 amide bonds. The summed E-state index contributed by atoms with van der Waals surface area (Å²) < 4.78 is 15.4. The van der Waals surface area contributed by atoms with Gasteiger partial charge in [0, 0.05) is 0 Å². The highest BCUT2D eigenvalue weighted by Crippen LogP contribution is 2.27. The number of hydrogen-bond acceptors (Lipinski definition) is 9. The number of rotatable bonds is 6. The summed E-state index contributed by atoms with van der Waals surface area (Å²) in [6, 6.07) is 11.8. The first kappa shape index (κ1) is 24.8. The lowest BCUT2D eigenvalue weighted by Crippen LogP contribution is -2.23. The molecular weight excluding hydrogens is 444 g/mol. The number of hydrogen-bond donors (Lipinski definition) is 0. The summed E-state index contributed by atoms with van der Waals surface area (Å²) in [6.45, 7) is 3.29. The third kappa shape index (κ3) is 6.81. The van der Waals surface area contributed by atoms with Gasteiger partial charge in [0.1, 0.15) is 22.6 Å². The van der Waals surface area contributed by atoms with E-state index in [2.05, 4.69) is 9.78 Å². The Balaban J connectivity index is 1.64. The van der Waals surface area contributed by atoms with Crippen molar-refractivity contribution in [3.63, 3.8) is 0 Å². The predicted molar refractivity (Wildman–Crippen MR) is 118 cm³/mol. The minimum atomic E-state index is -1.07. The molecule has 0 aliphatic heterocycles. The van der Waals surface area contributed by atoms with Crippen LogP contribution < -0.4 is 9.47 Å². The fourth-order valence-corrected chi connectivity index (χ4v) is 3.45. The molecule has 2 aromatic carbocycles. The van der Waals surface area contributed by atoms with Crippen LogP contribution in [0.4, 0.5) is 4.79 Å². The fourth-order valence-electron chi connectivity index (χ4n) is 3.45. The number of carbonyl (C=O) groups is 4. The van der Waals surface area contributed by atoms with Crippen LogP contribution in [0.1, 0.15) is 66.7 Å². The molecule has 180 valence electrons. The van der Waals surface area contributed by atoms with E-state index in [4.69, 9.17) is 14.2 Å². The summed E-state index contributed by atoms with van der Waals surface area (Å²) in [5, 5.41) is 0. The van der Waals surface area contributed by atoms with Crippen LogP contribution in [0.15, 0.2) is 48.5 Å². The fraction of sp³-hybridized carbons (Fsp3) is 0.360. The van der Waals surface area contributed by atoms with Crippen molar-refractivity contribution in [3.8, 4) is 11.5 Å². The molecule has 34 heavy (non-hydrogen) atoms. The molecular formula is C25H26O9. The van der Waals surface area contributed by atoms with Gasteiger partial charge in [-0.2, -0.15) is 0 Å². The monoisotopic (exact) mass is 470 g/mol. The quantitative estimate of drug-likeness (QED) is 0.189. The standard InChI is InChI=1S/C25H26O9/c1-16(2)30-25(29)32-21-15-9-7-13-19(21)24(28)34-33-23(27)18-12-6-8-14-20(18)31-22(26)17-10-4-3-5-11-17/h6-9,12-17H,3-5,10-11H2,1-2H3. The minimum absolute atomic E-state index is 0.0132. The Labute approximate surface area is 196 Å². The van der Waals surface area contributed by atoms with E-state index in [1.54, 1.807) is 26.0 Å². The normalized spacial score (nSPS) is 13.6. The van der Waals surface area contributed by atoms with E-state index in [1.165, 1.54) is 36.4 Å². The molecule has 0 saturated heterocycles. The van der Waals surface area contributed by atoms with Crippen molar-refractivity contribution in [2.24, 2.45) is 5.92 Å². The lowest BCUT2D eigenvalue weighted by molar-refractivity contribution is -0.187. The second-order valence-electron chi connectivity index (χ2n) is 8.01. The Bertz CT molecular complexity index is 1040. The zero-order chi connectivity index (χ0) is 24.5. The minimum Gasteiger partial charge on any atom is -0.431 e. The molecule has 9 heteroatoms. The summed E-state index contributed by atoms with van der Waals surface area (Å²) in [5.74, 6) is -2.84. The van der Waals surface area contributed by atoms with Crippen molar-refractivity contribution in [3.05, 3.63) is 59.7 Å². The van der Waals surface area contributed by atoms with E-state index in [0.717, 1.165) is 32.1 Å². The van der Waals surface area contributed by atoms with Crippen LogP contribution >= 0.6 is 0 Å². The third-order valence-corrected chi connectivity index (χ3v) is 5.08. The molecule has 0 N–H and O–H groups in total. The highest BCUT2D eigenvalue weighted by molar-refractivity contribution is 5.96. The average Bonchev–Trinajstić information content (AvgIpc) is 2.83. The maximum atomic E-state index is 12.5. The Morgan fingerprint density at radius 3 is 1.76 bits per heavy atom. The summed E-state index contributed by atoms with van der Waals surface area (Å²) in [5.41, 5.74) is -0.238. The molecule has 0 radical (unpaired) electrons. The van der Waals surface area contributed by atoms with Gasteiger partial charge in [-0.25, -0.2) is 24.2 Å². The van der Waals surface area contributed by atoms with Crippen molar-refractivity contribution < 1.29 is 43.2 Å². The van der Waals surface area contributed by atoms with Crippen molar-refractivity contribution in [1.82, 2.24) is 0 Å². The Morgan fingerprint density at radius 2 is 1.24 bits per heavy atom. The van der Waals surface area contributed by atoms with E-state index < -0.39 is 30.2 Å². The van der Waals surface area contributed by atoms with Crippen molar-refractivity contribution in [2.45, 2.75) is 52.1 Å². The van der Waals surface area contributed by atoms with Gasteiger partial charge in [0.25, 0.3) is 0 Å². The van der Waals surface area contributed by atoms with Crippen molar-refractivity contribution in [1.29, 1.82) is 0 Å².